The molecule has 0 radical (unpaired) electrons. The van der Waals surface area contributed by atoms with Crippen LogP contribution in [0.25, 0.3) is 11.1 Å². The van der Waals surface area contributed by atoms with Gasteiger partial charge in [-0.05, 0) is 59.5 Å². The summed E-state index contributed by atoms with van der Waals surface area (Å²) < 4.78 is 29.2. The lowest BCUT2D eigenvalue weighted by atomic mass is 10.1. The second-order valence-electron chi connectivity index (χ2n) is 9.24. The smallest absolute Gasteiger partial charge is 0.337 e. The molecular formula is C29H23ClN2O6S. The summed E-state index contributed by atoms with van der Waals surface area (Å²) in [5.74, 6) is -3.23. The van der Waals surface area contributed by atoms with Crippen molar-refractivity contribution in [1.82, 2.24) is 9.29 Å². The SMILES string of the molecule is O=C(O)c1cccnc1CN([C@]1(C(=O)O)C[C@@H]1c1ccccc1)S(=O)(=O)c1ccc(-c2ccc(Cl)cc2)cc1. The topological polar surface area (TPSA) is 125 Å². The van der Waals surface area contributed by atoms with Gasteiger partial charge in [-0.25, -0.2) is 13.2 Å². The van der Waals surface area contributed by atoms with Gasteiger partial charge in [-0.15, -0.1) is 0 Å². The largest absolute Gasteiger partial charge is 0.480 e. The quantitative estimate of drug-likeness (QED) is 0.283. The molecule has 0 aliphatic heterocycles. The number of rotatable bonds is 9. The highest BCUT2D eigenvalue weighted by Gasteiger charge is 2.68. The number of sulfonamides is 1. The number of pyridine rings is 1. The number of carboxylic acids is 2. The van der Waals surface area contributed by atoms with Crippen molar-refractivity contribution in [2.45, 2.75) is 29.3 Å². The van der Waals surface area contributed by atoms with Crippen molar-refractivity contribution in [3.8, 4) is 11.1 Å². The minimum absolute atomic E-state index is 0.0314. The van der Waals surface area contributed by atoms with Gasteiger partial charge in [0.1, 0.15) is 5.54 Å². The van der Waals surface area contributed by atoms with E-state index < -0.39 is 40.0 Å². The van der Waals surface area contributed by atoms with E-state index in [1.807, 2.05) is 0 Å². The van der Waals surface area contributed by atoms with Gasteiger partial charge >= 0.3 is 11.9 Å². The molecule has 10 heteroatoms. The van der Waals surface area contributed by atoms with Crippen molar-refractivity contribution in [1.29, 1.82) is 0 Å². The normalized spacial score (nSPS) is 18.6. The van der Waals surface area contributed by atoms with E-state index in [-0.39, 0.29) is 22.6 Å². The molecule has 1 aliphatic rings. The average molecular weight is 563 g/mol. The highest BCUT2D eigenvalue weighted by Crippen LogP contribution is 2.57. The van der Waals surface area contributed by atoms with E-state index in [9.17, 15) is 28.2 Å². The Balaban J connectivity index is 1.60. The first-order valence-electron chi connectivity index (χ1n) is 12.0. The third kappa shape index (κ3) is 4.92. The van der Waals surface area contributed by atoms with Crippen LogP contribution in [-0.4, -0.2) is 45.4 Å². The average Bonchev–Trinajstić information content (AvgIpc) is 3.70. The maximum atomic E-state index is 14.1. The summed E-state index contributed by atoms with van der Waals surface area (Å²) in [4.78, 5) is 28.7. The first kappa shape index (κ1) is 26.6. The van der Waals surface area contributed by atoms with Gasteiger partial charge in [-0.2, -0.15) is 4.31 Å². The summed E-state index contributed by atoms with van der Waals surface area (Å²) in [5, 5.41) is 20.7. The van der Waals surface area contributed by atoms with E-state index >= 15 is 0 Å². The van der Waals surface area contributed by atoms with Gasteiger partial charge in [0.15, 0.2) is 0 Å². The Morgan fingerprint density at radius 3 is 2.10 bits per heavy atom. The number of benzene rings is 3. The van der Waals surface area contributed by atoms with Gasteiger partial charge in [0.2, 0.25) is 10.0 Å². The number of nitrogens with zero attached hydrogens (tertiary/aromatic N) is 2. The Morgan fingerprint density at radius 2 is 1.51 bits per heavy atom. The van der Waals surface area contributed by atoms with Gasteiger partial charge in [-0.1, -0.05) is 66.2 Å². The molecule has 2 atom stereocenters. The predicted octanol–water partition coefficient (Wildman–Crippen LogP) is 5.30. The van der Waals surface area contributed by atoms with Gasteiger partial charge in [-0.3, -0.25) is 9.78 Å². The lowest BCUT2D eigenvalue weighted by Crippen LogP contribution is -2.48. The zero-order valence-corrected chi connectivity index (χ0v) is 22.0. The molecule has 0 saturated heterocycles. The fourth-order valence-electron chi connectivity index (χ4n) is 4.87. The number of hydrogen-bond donors (Lipinski definition) is 2. The minimum Gasteiger partial charge on any atom is -0.480 e. The summed E-state index contributed by atoms with van der Waals surface area (Å²) in [6.07, 6.45) is 1.38. The van der Waals surface area contributed by atoms with Crippen LogP contribution in [0.4, 0.5) is 0 Å². The molecule has 1 fully saturated rings. The summed E-state index contributed by atoms with van der Waals surface area (Å²) in [6, 6.07) is 24.7. The van der Waals surface area contributed by atoms with Crippen LogP contribution in [0.3, 0.4) is 0 Å². The molecule has 5 rings (SSSR count). The Bertz CT molecular complexity index is 1640. The Labute approximate surface area is 230 Å². The molecule has 1 saturated carbocycles. The van der Waals surface area contributed by atoms with Crippen molar-refractivity contribution in [2.75, 3.05) is 0 Å². The molecule has 8 nitrogen and oxygen atoms in total. The summed E-state index contributed by atoms with van der Waals surface area (Å²) in [6.45, 7) is -0.528. The van der Waals surface area contributed by atoms with Gasteiger partial charge in [0.25, 0.3) is 0 Å². The third-order valence-corrected chi connectivity index (χ3v) is 9.14. The zero-order chi connectivity index (χ0) is 27.8. The van der Waals surface area contributed by atoms with E-state index in [2.05, 4.69) is 4.98 Å². The van der Waals surface area contributed by atoms with Crippen LogP contribution >= 0.6 is 11.6 Å². The van der Waals surface area contributed by atoms with Crippen molar-refractivity contribution >= 4 is 33.6 Å². The highest BCUT2D eigenvalue weighted by atomic mass is 35.5. The Morgan fingerprint density at radius 1 is 0.897 bits per heavy atom. The van der Waals surface area contributed by atoms with Gasteiger partial charge in [0.05, 0.1) is 22.7 Å². The molecule has 1 aliphatic carbocycles. The van der Waals surface area contributed by atoms with E-state index in [0.29, 0.717) is 10.6 Å². The van der Waals surface area contributed by atoms with Crippen molar-refractivity contribution in [2.24, 2.45) is 0 Å². The van der Waals surface area contributed by atoms with E-state index in [1.54, 1.807) is 66.7 Å². The van der Waals surface area contributed by atoms with Crippen molar-refractivity contribution in [3.63, 3.8) is 0 Å². The molecule has 0 unspecified atom stereocenters. The molecule has 0 amide bonds. The minimum atomic E-state index is -4.43. The number of hydrogen-bond acceptors (Lipinski definition) is 5. The van der Waals surface area contributed by atoms with Crippen LogP contribution in [0.2, 0.25) is 5.02 Å². The van der Waals surface area contributed by atoms with Gasteiger partial charge in [0, 0.05) is 17.1 Å². The first-order valence-corrected chi connectivity index (χ1v) is 13.8. The number of aromatic carboxylic acids is 1. The molecule has 4 aromatic rings. The monoisotopic (exact) mass is 562 g/mol. The van der Waals surface area contributed by atoms with Crippen molar-refractivity contribution in [3.05, 3.63) is 119 Å². The lowest BCUT2D eigenvalue weighted by Gasteiger charge is -2.29. The molecule has 39 heavy (non-hydrogen) atoms. The van der Waals surface area contributed by atoms with Crippen LogP contribution in [0.5, 0.6) is 0 Å². The number of aliphatic carboxylic acids is 1. The van der Waals surface area contributed by atoms with Crippen LogP contribution < -0.4 is 0 Å². The molecule has 0 spiro atoms. The third-order valence-electron chi connectivity index (χ3n) is 6.98. The second kappa shape index (κ2) is 10.3. The standard InChI is InChI=1S/C29H23ClN2O6S/c30-22-12-8-19(9-13-22)20-10-14-23(15-11-20)39(37,38)32(18-26-24(27(33)34)7-4-16-31-26)29(28(35)36)17-25(29)21-5-2-1-3-6-21/h1-16,25H,17-18H2,(H,33,34)(H,35,36)/t25-,29-/m1/s1. The first-order chi connectivity index (χ1) is 18.6. The molecule has 2 N–H and O–H groups in total. The summed E-state index contributed by atoms with van der Waals surface area (Å²) >= 11 is 5.97. The number of carboxylic acid groups (broad SMARTS) is 2. The van der Waals surface area contributed by atoms with Crippen LogP contribution in [-0.2, 0) is 21.4 Å². The molecule has 198 valence electrons. The number of aromatic nitrogens is 1. The van der Waals surface area contributed by atoms with Crippen LogP contribution in [0.15, 0.2) is 102 Å². The molecule has 0 bridgehead atoms. The van der Waals surface area contributed by atoms with E-state index in [1.165, 1.54) is 30.5 Å². The highest BCUT2D eigenvalue weighted by molar-refractivity contribution is 7.89. The molecular weight excluding hydrogens is 540 g/mol. The zero-order valence-electron chi connectivity index (χ0n) is 20.4. The second-order valence-corrected chi connectivity index (χ2v) is 11.5. The van der Waals surface area contributed by atoms with E-state index in [4.69, 9.17) is 11.6 Å². The van der Waals surface area contributed by atoms with Crippen LogP contribution in [0.1, 0.15) is 34.0 Å². The fraction of sp³-hybridized carbons (Fsp3) is 0.138. The Hall–Kier alpha value is -4.05. The number of halogens is 1. The molecule has 3 aromatic carbocycles. The maximum Gasteiger partial charge on any atom is 0.337 e. The summed E-state index contributed by atoms with van der Waals surface area (Å²) in [7, 11) is -4.43. The fourth-order valence-corrected chi connectivity index (χ4v) is 6.74. The number of carbonyl (C=O) groups is 2. The molecule has 1 heterocycles. The molecule has 1 aromatic heterocycles. The summed E-state index contributed by atoms with van der Waals surface area (Å²) in [5.41, 5.74) is 0.184. The van der Waals surface area contributed by atoms with Gasteiger partial charge < -0.3 is 10.2 Å². The van der Waals surface area contributed by atoms with E-state index in [0.717, 1.165) is 15.4 Å². The van der Waals surface area contributed by atoms with Crippen molar-refractivity contribution < 1.29 is 28.2 Å². The maximum absolute atomic E-state index is 14.1. The lowest BCUT2D eigenvalue weighted by molar-refractivity contribution is -0.143. The predicted molar refractivity (Wildman–Crippen MR) is 145 cm³/mol. The van der Waals surface area contributed by atoms with Crippen LogP contribution in [0, 0.1) is 0 Å². The Kier molecular flexibility index (Phi) is 6.98.